The average Bonchev–Trinajstić information content (AvgIpc) is 3.31. The van der Waals surface area contributed by atoms with E-state index in [0.717, 1.165) is 52.0 Å². The second-order valence-corrected chi connectivity index (χ2v) is 13.4. The SMILES string of the molecule is CC.COc1ccc2c(c1)C=C(C(=O)N(C)Cc1ccccn1)Cn1c-2c(C2CCCCC2)c2ccc(C(=O)NS(=O)N(C)C)cc21. The van der Waals surface area contributed by atoms with Gasteiger partial charge in [-0.1, -0.05) is 45.2 Å². The van der Waals surface area contributed by atoms with Gasteiger partial charge in [-0.05, 0) is 78.4 Å². The molecule has 1 N–H and O–H groups in total. The zero-order valence-electron chi connectivity index (χ0n) is 28.2. The van der Waals surface area contributed by atoms with Crippen LogP contribution in [0.3, 0.4) is 0 Å². The zero-order chi connectivity index (χ0) is 33.7. The molecule has 9 nitrogen and oxygen atoms in total. The summed E-state index contributed by atoms with van der Waals surface area (Å²) in [6.07, 6.45) is 9.46. The molecule has 2 aromatic carbocycles. The fourth-order valence-electron chi connectivity index (χ4n) is 6.59. The number of aromatic nitrogens is 2. The molecule has 1 saturated carbocycles. The van der Waals surface area contributed by atoms with Crippen molar-refractivity contribution in [2.24, 2.45) is 0 Å². The highest BCUT2D eigenvalue weighted by Crippen LogP contribution is 2.47. The number of methoxy groups -OCH3 is 1. The number of carbonyl (C=O) groups is 2. The van der Waals surface area contributed by atoms with Gasteiger partial charge in [-0.3, -0.25) is 19.3 Å². The predicted octanol–water partition coefficient (Wildman–Crippen LogP) is 6.71. The molecule has 2 aromatic heterocycles. The van der Waals surface area contributed by atoms with Crippen LogP contribution in [0.4, 0.5) is 0 Å². The number of amides is 2. The van der Waals surface area contributed by atoms with Crippen molar-refractivity contribution < 1.29 is 18.5 Å². The van der Waals surface area contributed by atoms with E-state index in [-0.39, 0.29) is 5.91 Å². The van der Waals surface area contributed by atoms with Gasteiger partial charge in [0.05, 0.1) is 31.6 Å². The molecule has 2 amide bonds. The van der Waals surface area contributed by atoms with Crippen LogP contribution < -0.4 is 9.46 Å². The van der Waals surface area contributed by atoms with Crippen molar-refractivity contribution in [2.75, 3.05) is 28.3 Å². The van der Waals surface area contributed by atoms with E-state index in [2.05, 4.69) is 20.3 Å². The summed E-state index contributed by atoms with van der Waals surface area (Å²) in [7, 11) is 6.73. The molecule has 1 aliphatic carbocycles. The Kier molecular flexibility index (Phi) is 10.9. The minimum atomic E-state index is -1.66. The van der Waals surface area contributed by atoms with E-state index in [9.17, 15) is 13.8 Å². The topological polar surface area (TPSA) is 96.8 Å². The minimum Gasteiger partial charge on any atom is -0.497 e. The summed E-state index contributed by atoms with van der Waals surface area (Å²) in [5, 5.41) is 1.08. The number of fused-ring (bicyclic) bond motifs is 5. The van der Waals surface area contributed by atoms with Crippen LogP contribution in [-0.2, 0) is 29.1 Å². The number of ether oxygens (including phenoxy) is 1. The molecule has 0 bridgehead atoms. The van der Waals surface area contributed by atoms with Gasteiger partial charge in [-0.25, -0.2) is 8.51 Å². The van der Waals surface area contributed by atoms with Gasteiger partial charge in [0.15, 0.2) is 11.2 Å². The number of carbonyl (C=O) groups excluding carboxylic acids is 2. The Labute approximate surface area is 280 Å². The maximum absolute atomic E-state index is 14.1. The molecule has 1 fully saturated rings. The molecule has 4 aromatic rings. The van der Waals surface area contributed by atoms with Crippen LogP contribution in [0, 0.1) is 0 Å². The Morgan fingerprint density at radius 1 is 1.02 bits per heavy atom. The molecule has 1 atom stereocenters. The number of likely N-dealkylation sites (N-methyl/N-ethyl adjacent to an activating group) is 1. The van der Waals surface area contributed by atoms with Gasteiger partial charge in [0.1, 0.15) is 5.75 Å². The molecular weight excluding hydrogens is 611 g/mol. The van der Waals surface area contributed by atoms with E-state index in [4.69, 9.17) is 4.74 Å². The third-order valence-corrected chi connectivity index (χ3v) is 9.83. The predicted molar refractivity (Wildman–Crippen MR) is 189 cm³/mol. The quantitative estimate of drug-likeness (QED) is 0.228. The highest BCUT2D eigenvalue weighted by Gasteiger charge is 2.31. The lowest BCUT2D eigenvalue weighted by molar-refractivity contribution is -0.126. The Balaban J connectivity index is 0.00000213. The molecule has 0 radical (unpaired) electrons. The van der Waals surface area contributed by atoms with Crippen molar-refractivity contribution in [3.05, 3.63) is 88.8 Å². The molecule has 1 unspecified atom stereocenters. The van der Waals surface area contributed by atoms with Gasteiger partial charge in [-0.2, -0.15) is 0 Å². The molecule has 3 heterocycles. The number of rotatable bonds is 8. The summed E-state index contributed by atoms with van der Waals surface area (Å²) < 4.78 is 24.3. The Morgan fingerprint density at radius 2 is 1.79 bits per heavy atom. The summed E-state index contributed by atoms with van der Waals surface area (Å²) in [5.74, 6) is 0.561. The van der Waals surface area contributed by atoms with Gasteiger partial charge in [-0.15, -0.1) is 0 Å². The summed E-state index contributed by atoms with van der Waals surface area (Å²) in [6.45, 7) is 4.71. The zero-order valence-corrected chi connectivity index (χ0v) is 29.0. The van der Waals surface area contributed by atoms with Gasteiger partial charge in [0.25, 0.3) is 11.8 Å². The average molecular weight is 656 g/mol. The van der Waals surface area contributed by atoms with Crippen molar-refractivity contribution in [2.45, 2.75) is 65.0 Å². The first kappa shape index (κ1) is 34.1. The minimum absolute atomic E-state index is 0.0985. The Hall–Kier alpha value is -4.28. The fraction of sp³-hybridized carbons (Fsp3) is 0.378. The van der Waals surface area contributed by atoms with Crippen molar-refractivity contribution in [1.82, 2.24) is 23.5 Å². The highest BCUT2D eigenvalue weighted by atomic mass is 32.2. The number of hydrogen-bond donors (Lipinski definition) is 1. The number of nitrogens with zero attached hydrogens (tertiary/aromatic N) is 4. The maximum atomic E-state index is 14.1. The third kappa shape index (κ3) is 7.18. The number of nitrogens with one attached hydrogen (secondary N) is 1. The summed E-state index contributed by atoms with van der Waals surface area (Å²) in [6, 6.07) is 17.4. The van der Waals surface area contributed by atoms with Crippen molar-refractivity contribution in [3.8, 4) is 17.0 Å². The first-order chi connectivity index (χ1) is 22.7. The lowest BCUT2D eigenvalue weighted by atomic mass is 9.81. The van der Waals surface area contributed by atoms with Crippen LogP contribution in [-0.4, -0.2) is 63.0 Å². The molecule has 248 valence electrons. The van der Waals surface area contributed by atoms with Crippen LogP contribution in [0.5, 0.6) is 5.75 Å². The molecule has 2 aliphatic rings. The standard InChI is InChI=1S/C35H39N5O4S.C2H6/c1-38(2)45(43)37-34(41)24-13-15-30-31(20-24)40-21-26(35(42)39(3)22-27-12-8-9-17-36-27)18-25-19-28(44-4)14-16-29(25)33(40)32(30)23-10-6-5-7-11-23;1-2/h8-9,12-20,23H,5-7,10-11,21-22H2,1-4H3,(H,37,41);1-2H3. The fourth-order valence-corrected chi connectivity index (χ4v) is 7.05. The van der Waals surface area contributed by atoms with Crippen LogP contribution in [0.1, 0.15) is 79.0 Å². The van der Waals surface area contributed by atoms with E-state index in [1.54, 1.807) is 39.3 Å². The third-order valence-electron chi connectivity index (χ3n) is 8.81. The van der Waals surface area contributed by atoms with Gasteiger partial charge < -0.3 is 14.2 Å². The summed E-state index contributed by atoms with van der Waals surface area (Å²) >= 11 is -1.66. The van der Waals surface area contributed by atoms with Crippen LogP contribution in [0.25, 0.3) is 28.2 Å². The molecule has 6 rings (SSSR count). The van der Waals surface area contributed by atoms with Crippen LogP contribution in [0.15, 0.2) is 66.4 Å². The van der Waals surface area contributed by atoms with E-state index in [1.165, 1.54) is 29.1 Å². The van der Waals surface area contributed by atoms with Crippen LogP contribution in [0.2, 0.25) is 0 Å². The molecule has 0 saturated heterocycles. The second kappa shape index (κ2) is 15.1. The normalized spacial score (nSPS) is 15.0. The van der Waals surface area contributed by atoms with Crippen LogP contribution >= 0.6 is 0 Å². The van der Waals surface area contributed by atoms with Crippen molar-refractivity contribution in [1.29, 1.82) is 0 Å². The van der Waals surface area contributed by atoms with Gasteiger partial charge in [0, 0.05) is 54.9 Å². The number of hydrogen-bond acceptors (Lipinski definition) is 5. The lowest BCUT2D eigenvalue weighted by Crippen LogP contribution is -2.34. The largest absolute Gasteiger partial charge is 0.497 e. The van der Waals surface area contributed by atoms with Gasteiger partial charge in [0.2, 0.25) is 0 Å². The summed E-state index contributed by atoms with van der Waals surface area (Å²) in [4.78, 5) is 33.4. The van der Waals surface area contributed by atoms with E-state index >= 15 is 0 Å². The molecule has 0 spiro atoms. The van der Waals surface area contributed by atoms with Gasteiger partial charge >= 0.3 is 0 Å². The second-order valence-electron chi connectivity index (χ2n) is 12.0. The monoisotopic (exact) mass is 655 g/mol. The molecule has 10 heteroatoms. The molecule has 1 aliphatic heterocycles. The van der Waals surface area contributed by atoms with E-state index < -0.39 is 17.1 Å². The highest BCUT2D eigenvalue weighted by molar-refractivity contribution is 7.81. The van der Waals surface area contributed by atoms with E-state index in [0.29, 0.717) is 30.1 Å². The molecule has 47 heavy (non-hydrogen) atoms. The number of pyridine rings is 1. The first-order valence-corrected chi connectivity index (χ1v) is 17.5. The molecular formula is C37H45N5O4S. The van der Waals surface area contributed by atoms with Crippen molar-refractivity contribution in [3.63, 3.8) is 0 Å². The summed E-state index contributed by atoms with van der Waals surface area (Å²) in [5.41, 5.74) is 7.02. The Morgan fingerprint density at radius 3 is 2.47 bits per heavy atom. The first-order valence-electron chi connectivity index (χ1n) is 16.4. The maximum Gasteiger partial charge on any atom is 0.264 e. The van der Waals surface area contributed by atoms with Crippen molar-refractivity contribution >= 4 is 40.0 Å². The smallest absolute Gasteiger partial charge is 0.264 e. The Bertz CT molecular complexity index is 1810. The van der Waals surface area contributed by atoms with E-state index in [1.807, 2.05) is 68.5 Å². The lowest BCUT2D eigenvalue weighted by Gasteiger charge is -2.24. The number of benzene rings is 2.